The number of H-pyrrole nitrogens is 1. The topological polar surface area (TPSA) is 79.4 Å². The molecule has 154 valence electrons. The highest BCUT2D eigenvalue weighted by Gasteiger charge is 2.34. The number of aromatic amines is 1. The molecule has 3 heterocycles. The lowest BCUT2D eigenvalue weighted by Crippen LogP contribution is -2.26. The van der Waals surface area contributed by atoms with E-state index in [9.17, 15) is 9.59 Å². The average molecular weight is 418 g/mol. The molecule has 29 heavy (non-hydrogen) atoms. The van der Waals surface area contributed by atoms with Crippen LogP contribution < -0.4 is 25.9 Å². The van der Waals surface area contributed by atoms with Crippen molar-refractivity contribution in [2.75, 3.05) is 38.7 Å². The monoisotopic (exact) mass is 418 g/mol. The van der Waals surface area contributed by atoms with Crippen molar-refractivity contribution in [3.8, 4) is 5.75 Å². The third-order valence-corrected chi connectivity index (χ3v) is 6.89. The molecule has 3 aromatic rings. The standard InChI is InChI=1S/C20H23FN4O3S/c1-22-8-10-5-6-24(9-10)16-13(21)7-12-15(18(16)28-2)25(11-3-4-11)20-14(17(12)26)19(27)23-29-20/h7,10-11,22H,3-6,8-9H2,1-2H3,(H,23,27). The Morgan fingerprint density at radius 2 is 2.14 bits per heavy atom. The summed E-state index contributed by atoms with van der Waals surface area (Å²) < 4.78 is 25.7. The van der Waals surface area contributed by atoms with Crippen LogP contribution >= 0.6 is 11.5 Å². The number of benzene rings is 1. The van der Waals surface area contributed by atoms with Crippen molar-refractivity contribution in [3.63, 3.8) is 0 Å². The number of fused-ring (bicyclic) bond motifs is 2. The lowest BCUT2D eigenvalue weighted by atomic mass is 10.1. The minimum Gasteiger partial charge on any atom is -0.492 e. The van der Waals surface area contributed by atoms with Gasteiger partial charge in [0.1, 0.15) is 15.9 Å². The molecule has 2 aliphatic rings. The molecule has 1 saturated heterocycles. The van der Waals surface area contributed by atoms with E-state index in [1.54, 1.807) is 0 Å². The zero-order valence-corrected chi connectivity index (χ0v) is 17.2. The third kappa shape index (κ3) is 2.78. The molecule has 1 unspecified atom stereocenters. The summed E-state index contributed by atoms with van der Waals surface area (Å²) in [4.78, 5) is 28.0. The van der Waals surface area contributed by atoms with E-state index in [4.69, 9.17) is 4.74 Å². The zero-order chi connectivity index (χ0) is 20.3. The van der Waals surface area contributed by atoms with E-state index in [-0.39, 0.29) is 16.8 Å². The highest BCUT2D eigenvalue weighted by Crippen LogP contribution is 2.46. The lowest BCUT2D eigenvalue weighted by Gasteiger charge is -2.24. The Labute approximate surface area is 170 Å². The zero-order valence-electron chi connectivity index (χ0n) is 16.4. The van der Waals surface area contributed by atoms with Crippen molar-refractivity contribution in [2.45, 2.75) is 25.3 Å². The molecule has 1 atom stereocenters. The number of nitrogens with zero attached hydrogens (tertiary/aromatic N) is 2. The molecule has 2 aromatic heterocycles. The van der Waals surface area contributed by atoms with Crippen LogP contribution in [-0.2, 0) is 0 Å². The molecule has 5 rings (SSSR count). The van der Waals surface area contributed by atoms with Crippen molar-refractivity contribution in [2.24, 2.45) is 5.92 Å². The highest BCUT2D eigenvalue weighted by atomic mass is 32.1. The molecule has 1 aliphatic heterocycles. The maximum absolute atomic E-state index is 15.3. The van der Waals surface area contributed by atoms with E-state index in [0.29, 0.717) is 27.7 Å². The lowest BCUT2D eigenvalue weighted by molar-refractivity contribution is 0.414. The van der Waals surface area contributed by atoms with Gasteiger partial charge in [-0.1, -0.05) is 0 Å². The van der Waals surface area contributed by atoms with Crippen molar-refractivity contribution in [1.29, 1.82) is 0 Å². The molecule has 7 nitrogen and oxygen atoms in total. The van der Waals surface area contributed by atoms with Crippen LogP contribution in [0.15, 0.2) is 15.7 Å². The third-order valence-electron chi connectivity index (χ3n) is 6.01. The molecule has 1 saturated carbocycles. The number of hydrogen-bond donors (Lipinski definition) is 2. The summed E-state index contributed by atoms with van der Waals surface area (Å²) in [6, 6.07) is 1.48. The van der Waals surface area contributed by atoms with E-state index >= 15 is 4.39 Å². The number of halogens is 1. The van der Waals surface area contributed by atoms with Crippen LogP contribution in [0.5, 0.6) is 5.75 Å². The van der Waals surface area contributed by atoms with Crippen LogP contribution in [0.4, 0.5) is 10.1 Å². The van der Waals surface area contributed by atoms with Crippen molar-refractivity contribution in [3.05, 3.63) is 32.5 Å². The van der Waals surface area contributed by atoms with Gasteiger partial charge in [-0.2, -0.15) is 0 Å². The predicted octanol–water partition coefficient (Wildman–Crippen LogP) is 2.43. The van der Waals surface area contributed by atoms with Crippen molar-refractivity contribution >= 4 is 38.3 Å². The minimum atomic E-state index is -0.482. The van der Waals surface area contributed by atoms with Crippen LogP contribution in [0.2, 0.25) is 0 Å². The van der Waals surface area contributed by atoms with Crippen LogP contribution in [-0.4, -0.2) is 42.7 Å². The summed E-state index contributed by atoms with van der Waals surface area (Å²) in [6.45, 7) is 2.34. The van der Waals surface area contributed by atoms with E-state index in [2.05, 4.69) is 9.69 Å². The Hall–Kier alpha value is -2.39. The first-order valence-electron chi connectivity index (χ1n) is 9.90. The first-order chi connectivity index (χ1) is 14.0. The number of rotatable bonds is 5. The molecular formula is C20H23FN4O3S. The molecule has 1 aromatic carbocycles. The van der Waals surface area contributed by atoms with Gasteiger partial charge in [0.05, 0.1) is 18.0 Å². The number of nitrogens with one attached hydrogen (secondary N) is 2. The van der Waals surface area contributed by atoms with Gasteiger partial charge in [-0.3, -0.25) is 14.0 Å². The van der Waals surface area contributed by atoms with Gasteiger partial charge in [-0.05, 0) is 56.4 Å². The number of ether oxygens (including phenoxy) is 1. The van der Waals surface area contributed by atoms with Crippen LogP contribution in [0.1, 0.15) is 25.3 Å². The Balaban J connectivity index is 1.82. The van der Waals surface area contributed by atoms with Gasteiger partial charge in [-0.15, -0.1) is 0 Å². The van der Waals surface area contributed by atoms with E-state index in [0.717, 1.165) is 50.4 Å². The molecule has 0 bridgehead atoms. The Bertz CT molecular complexity index is 1230. The first kappa shape index (κ1) is 18.6. The Kier molecular flexibility index (Phi) is 4.40. The number of hydrogen-bond acceptors (Lipinski definition) is 6. The second-order valence-corrected chi connectivity index (χ2v) is 8.73. The smallest absolute Gasteiger partial charge is 0.271 e. The van der Waals surface area contributed by atoms with Crippen LogP contribution in [0.3, 0.4) is 0 Å². The van der Waals surface area contributed by atoms with Gasteiger partial charge >= 0.3 is 0 Å². The Morgan fingerprint density at radius 1 is 1.34 bits per heavy atom. The second-order valence-electron chi connectivity index (χ2n) is 7.94. The van der Waals surface area contributed by atoms with Gasteiger partial charge in [0.15, 0.2) is 11.6 Å². The maximum atomic E-state index is 15.3. The first-order valence-corrected chi connectivity index (χ1v) is 10.7. The molecule has 0 amide bonds. The quantitative estimate of drug-likeness (QED) is 0.665. The fourth-order valence-corrected chi connectivity index (χ4v) is 5.50. The normalized spacial score (nSPS) is 19.6. The average Bonchev–Trinajstić information content (AvgIpc) is 3.31. The summed E-state index contributed by atoms with van der Waals surface area (Å²) in [5.74, 6) is 0.338. The number of methoxy groups -OCH3 is 1. The summed E-state index contributed by atoms with van der Waals surface area (Å²) in [5, 5.41) is 3.50. The van der Waals surface area contributed by atoms with E-state index in [1.165, 1.54) is 13.2 Å². The summed E-state index contributed by atoms with van der Waals surface area (Å²) in [6.07, 6.45) is 2.89. The van der Waals surface area contributed by atoms with E-state index < -0.39 is 16.8 Å². The molecule has 0 spiro atoms. The predicted molar refractivity (Wildman–Crippen MR) is 113 cm³/mol. The summed E-state index contributed by atoms with van der Waals surface area (Å²) in [5.41, 5.74) is 0.155. The molecule has 2 N–H and O–H groups in total. The second kappa shape index (κ2) is 6.84. The van der Waals surface area contributed by atoms with Gasteiger partial charge in [0.2, 0.25) is 5.43 Å². The minimum absolute atomic E-state index is 0.110. The molecule has 9 heteroatoms. The largest absolute Gasteiger partial charge is 0.492 e. The fourth-order valence-electron chi connectivity index (χ4n) is 4.58. The molecule has 2 fully saturated rings. The fraction of sp³-hybridized carbons (Fsp3) is 0.500. The van der Waals surface area contributed by atoms with Crippen LogP contribution in [0.25, 0.3) is 21.1 Å². The van der Waals surface area contributed by atoms with Crippen LogP contribution in [0, 0.1) is 11.7 Å². The molecular weight excluding hydrogens is 395 g/mol. The van der Waals surface area contributed by atoms with Gasteiger partial charge in [0.25, 0.3) is 5.56 Å². The SMILES string of the molecule is CNCC1CCN(c2c(F)cc3c(=O)c4c(=O)[nH]sc4n(C4CC4)c3c2OC)C1. The molecule has 0 radical (unpaired) electrons. The van der Waals surface area contributed by atoms with Gasteiger partial charge in [-0.25, -0.2) is 4.39 Å². The summed E-state index contributed by atoms with van der Waals surface area (Å²) in [7, 11) is 3.44. The maximum Gasteiger partial charge on any atom is 0.271 e. The van der Waals surface area contributed by atoms with Crippen molar-refractivity contribution < 1.29 is 9.13 Å². The Morgan fingerprint density at radius 3 is 2.83 bits per heavy atom. The highest BCUT2D eigenvalue weighted by molar-refractivity contribution is 7.12. The summed E-state index contributed by atoms with van der Waals surface area (Å²) >= 11 is 1.16. The van der Waals surface area contributed by atoms with E-state index in [1.807, 2.05) is 16.5 Å². The molecule has 1 aliphatic carbocycles. The number of aromatic nitrogens is 2. The number of anilines is 1. The van der Waals surface area contributed by atoms with Crippen molar-refractivity contribution in [1.82, 2.24) is 14.3 Å². The van der Waals surface area contributed by atoms with Gasteiger partial charge in [0, 0.05) is 19.1 Å². The number of pyridine rings is 1. The van der Waals surface area contributed by atoms with Gasteiger partial charge < -0.3 is 19.5 Å².